The quantitative estimate of drug-likeness (QED) is 0.154. The van der Waals surface area contributed by atoms with E-state index in [4.69, 9.17) is 14.5 Å². The minimum Gasteiger partial charge on any atom is -0.497 e. The summed E-state index contributed by atoms with van der Waals surface area (Å²) in [7, 11) is 3.33. The Morgan fingerprint density at radius 2 is 1.51 bits per heavy atom. The number of benzene rings is 3. The van der Waals surface area contributed by atoms with Crippen LogP contribution >= 0.6 is 27.7 Å². The summed E-state index contributed by atoms with van der Waals surface area (Å²) in [5.74, 6) is 2.24. The number of amides is 1. The summed E-state index contributed by atoms with van der Waals surface area (Å²) in [5, 5.41) is 3.94. The largest absolute Gasteiger partial charge is 0.497 e. The first-order chi connectivity index (χ1) is 18.0. The zero-order chi connectivity index (χ0) is 26.2. The summed E-state index contributed by atoms with van der Waals surface area (Å²) >= 11 is 5.05. The van der Waals surface area contributed by atoms with Crippen molar-refractivity contribution in [1.29, 1.82) is 0 Å². The van der Waals surface area contributed by atoms with Crippen molar-refractivity contribution in [3.63, 3.8) is 0 Å². The molecular weight excluding hydrogens is 550 g/mol. The maximum Gasteiger partial charge on any atom is 0.251 e. The molecule has 0 saturated heterocycles. The van der Waals surface area contributed by atoms with Crippen LogP contribution in [-0.2, 0) is 6.54 Å². The lowest BCUT2D eigenvalue weighted by Gasteiger charge is -2.13. The zero-order valence-corrected chi connectivity index (χ0v) is 23.6. The van der Waals surface area contributed by atoms with Crippen molar-refractivity contribution in [2.75, 3.05) is 26.5 Å². The number of nitrogens with zero attached hydrogens (tertiary/aromatic N) is 2. The van der Waals surface area contributed by atoms with Gasteiger partial charge in [-0.15, -0.1) is 0 Å². The second kappa shape index (κ2) is 12.8. The second-order valence-corrected chi connectivity index (χ2v) is 10.3. The molecule has 0 atom stereocenters. The number of imidazole rings is 1. The number of methoxy groups -OCH3 is 2. The smallest absolute Gasteiger partial charge is 0.251 e. The van der Waals surface area contributed by atoms with Gasteiger partial charge < -0.3 is 19.4 Å². The fourth-order valence-electron chi connectivity index (χ4n) is 3.98. The molecule has 3 aromatic carbocycles. The number of carbonyl (C=O) groups is 1. The van der Waals surface area contributed by atoms with E-state index in [1.165, 1.54) is 0 Å². The molecule has 0 radical (unpaired) electrons. The Morgan fingerprint density at radius 3 is 2.08 bits per heavy atom. The monoisotopic (exact) mass is 579 g/mol. The molecule has 0 aliphatic carbocycles. The molecule has 0 spiro atoms. The zero-order valence-electron chi connectivity index (χ0n) is 21.2. The maximum absolute atomic E-state index is 12.5. The Kier molecular flexibility index (Phi) is 9.30. The number of hydrogen-bond acceptors (Lipinski definition) is 5. The van der Waals surface area contributed by atoms with E-state index in [1.54, 1.807) is 26.0 Å². The lowest BCUT2D eigenvalue weighted by atomic mass is 10.0. The molecule has 4 aromatic rings. The molecule has 37 heavy (non-hydrogen) atoms. The van der Waals surface area contributed by atoms with Gasteiger partial charge in [0, 0.05) is 40.0 Å². The Bertz CT molecular complexity index is 1320. The number of halogens is 1. The number of carbonyl (C=O) groups excluding carboxylic acids is 1. The molecule has 4 rings (SSSR count). The van der Waals surface area contributed by atoms with Crippen molar-refractivity contribution in [2.24, 2.45) is 0 Å². The Balaban J connectivity index is 1.60. The summed E-state index contributed by atoms with van der Waals surface area (Å²) in [6, 6.07) is 23.4. The Labute approximate surface area is 230 Å². The highest BCUT2D eigenvalue weighted by molar-refractivity contribution is 9.10. The van der Waals surface area contributed by atoms with Gasteiger partial charge in [-0.25, -0.2) is 4.98 Å². The number of hydrogen-bond donors (Lipinski definition) is 1. The van der Waals surface area contributed by atoms with Gasteiger partial charge in [-0.2, -0.15) is 0 Å². The van der Waals surface area contributed by atoms with Gasteiger partial charge in [-0.3, -0.25) is 4.79 Å². The molecule has 0 unspecified atom stereocenters. The summed E-state index contributed by atoms with van der Waals surface area (Å²) in [4.78, 5) is 17.6. The third kappa shape index (κ3) is 6.56. The van der Waals surface area contributed by atoms with Crippen molar-refractivity contribution in [1.82, 2.24) is 14.9 Å². The van der Waals surface area contributed by atoms with E-state index in [9.17, 15) is 4.79 Å². The van der Waals surface area contributed by atoms with Crippen LogP contribution in [0.15, 0.2) is 82.4 Å². The summed E-state index contributed by atoms with van der Waals surface area (Å²) in [6.45, 7) is 3.53. The number of thioether (sulfide) groups is 1. The highest BCUT2D eigenvalue weighted by Gasteiger charge is 2.20. The van der Waals surface area contributed by atoms with Crippen LogP contribution in [0, 0.1) is 0 Å². The molecule has 0 fully saturated rings. The summed E-state index contributed by atoms with van der Waals surface area (Å²) in [5.41, 5.74) is 4.72. The van der Waals surface area contributed by atoms with Gasteiger partial charge in [-0.1, -0.05) is 34.6 Å². The van der Waals surface area contributed by atoms with Crippen LogP contribution in [0.4, 0.5) is 0 Å². The van der Waals surface area contributed by atoms with Gasteiger partial charge in [0.15, 0.2) is 5.16 Å². The minimum atomic E-state index is -0.0807. The molecule has 0 aliphatic heterocycles. The summed E-state index contributed by atoms with van der Waals surface area (Å²) < 4.78 is 14.0. The summed E-state index contributed by atoms with van der Waals surface area (Å²) in [6.07, 6.45) is 0.968. The first-order valence-corrected chi connectivity index (χ1v) is 13.9. The first-order valence-electron chi connectivity index (χ1n) is 12.1. The van der Waals surface area contributed by atoms with E-state index in [2.05, 4.69) is 44.9 Å². The van der Waals surface area contributed by atoms with Crippen LogP contribution in [0.5, 0.6) is 11.5 Å². The maximum atomic E-state index is 12.5. The SMILES string of the molecule is CCCn1c(SCCNC(=O)c2ccc(Br)cc2)nc(-c2ccc(OC)cc2)c1-c1ccc(OC)cc1. The van der Waals surface area contributed by atoms with Gasteiger partial charge in [0.1, 0.15) is 11.5 Å². The van der Waals surface area contributed by atoms with Crippen molar-refractivity contribution in [2.45, 2.75) is 25.0 Å². The van der Waals surface area contributed by atoms with Crippen molar-refractivity contribution < 1.29 is 14.3 Å². The number of nitrogens with one attached hydrogen (secondary N) is 1. The Hall–Kier alpha value is -3.23. The first kappa shape index (κ1) is 26.8. The fraction of sp³-hybridized carbons (Fsp3) is 0.241. The van der Waals surface area contributed by atoms with Gasteiger partial charge in [0.2, 0.25) is 0 Å². The predicted octanol–water partition coefficient (Wildman–Crippen LogP) is 6.93. The van der Waals surface area contributed by atoms with Gasteiger partial charge in [-0.05, 0) is 79.2 Å². The van der Waals surface area contributed by atoms with Crippen LogP contribution in [0.3, 0.4) is 0 Å². The second-order valence-electron chi connectivity index (χ2n) is 8.31. The van der Waals surface area contributed by atoms with Crippen LogP contribution in [0.1, 0.15) is 23.7 Å². The molecule has 1 aromatic heterocycles. The average molecular weight is 581 g/mol. The minimum absolute atomic E-state index is 0.0807. The lowest BCUT2D eigenvalue weighted by Crippen LogP contribution is -2.25. The van der Waals surface area contributed by atoms with Crippen molar-refractivity contribution in [3.05, 3.63) is 82.8 Å². The van der Waals surface area contributed by atoms with Crippen LogP contribution in [-0.4, -0.2) is 42.0 Å². The molecule has 1 N–H and O–H groups in total. The topological polar surface area (TPSA) is 65.4 Å². The normalized spacial score (nSPS) is 10.8. The van der Waals surface area contributed by atoms with Gasteiger partial charge in [0.25, 0.3) is 5.91 Å². The molecule has 0 saturated carbocycles. The van der Waals surface area contributed by atoms with Crippen molar-refractivity contribution in [3.8, 4) is 34.0 Å². The molecule has 0 bridgehead atoms. The number of aromatic nitrogens is 2. The highest BCUT2D eigenvalue weighted by atomic mass is 79.9. The van der Waals surface area contributed by atoms with Gasteiger partial charge >= 0.3 is 0 Å². The van der Waals surface area contributed by atoms with E-state index in [0.717, 1.165) is 56.6 Å². The highest BCUT2D eigenvalue weighted by Crippen LogP contribution is 2.37. The van der Waals surface area contributed by atoms with Crippen LogP contribution in [0.25, 0.3) is 22.5 Å². The fourth-order valence-corrected chi connectivity index (χ4v) is 5.12. The lowest BCUT2D eigenvalue weighted by molar-refractivity contribution is 0.0956. The third-order valence-corrected chi connectivity index (χ3v) is 7.34. The van der Waals surface area contributed by atoms with Gasteiger partial charge in [0.05, 0.1) is 25.6 Å². The predicted molar refractivity (Wildman–Crippen MR) is 154 cm³/mol. The molecule has 6 nitrogen and oxygen atoms in total. The van der Waals surface area contributed by atoms with E-state index in [0.29, 0.717) is 17.9 Å². The number of ether oxygens (including phenoxy) is 2. The van der Waals surface area contributed by atoms with E-state index in [1.807, 2.05) is 60.7 Å². The molecule has 1 amide bonds. The molecule has 1 heterocycles. The van der Waals surface area contributed by atoms with Crippen LogP contribution in [0.2, 0.25) is 0 Å². The van der Waals surface area contributed by atoms with Crippen molar-refractivity contribution >= 4 is 33.6 Å². The van der Waals surface area contributed by atoms with E-state index >= 15 is 0 Å². The average Bonchev–Trinajstić information content (AvgIpc) is 3.29. The van der Waals surface area contributed by atoms with E-state index in [-0.39, 0.29) is 5.91 Å². The number of rotatable bonds is 11. The van der Waals surface area contributed by atoms with E-state index < -0.39 is 0 Å². The van der Waals surface area contributed by atoms with Crippen LogP contribution < -0.4 is 14.8 Å². The molecule has 8 heteroatoms. The third-order valence-electron chi connectivity index (χ3n) is 5.83. The Morgan fingerprint density at radius 1 is 0.919 bits per heavy atom. The molecular formula is C29H30BrN3O3S. The standard InChI is InChI=1S/C29H30BrN3O3S/c1-4-18-33-27(21-9-15-25(36-3)16-10-21)26(20-7-13-24(35-2)14-8-20)32-29(33)37-19-17-31-28(34)22-5-11-23(30)12-6-22/h5-16H,4,17-19H2,1-3H3,(H,31,34). The molecule has 192 valence electrons. The molecule has 0 aliphatic rings.